The van der Waals surface area contributed by atoms with Crippen LogP contribution >= 0.6 is 0 Å². The molecule has 1 aliphatic heterocycles. The van der Waals surface area contributed by atoms with Gasteiger partial charge in [0.25, 0.3) is 0 Å². The highest BCUT2D eigenvalue weighted by Gasteiger charge is 2.29. The monoisotopic (exact) mass is 296 g/mol. The maximum absolute atomic E-state index is 5.30. The van der Waals surface area contributed by atoms with Crippen molar-refractivity contribution in [3.05, 3.63) is 30.2 Å². The van der Waals surface area contributed by atoms with Gasteiger partial charge in [-0.15, -0.1) is 10.2 Å². The summed E-state index contributed by atoms with van der Waals surface area (Å²) >= 11 is 0. The fraction of sp³-hybridized carbons (Fsp3) is 0.471. The summed E-state index contributed by atoms with van der Waals surface area (Å²) in [6.45, 7) is 3.08. The van der Waals surface area contributed by atoms with Gasteiger partial charge in [-0.3, -0.25) is 4.99 Å². The predicted octanol–water partition coefficient (Wildman–Crippen LogP) is 3.66. The van der Waals surface area contributed by atoms with Crippen molar-refractivity contribution in [2.45, 2.75) is 45.2 Å². The van der Waals surface area contributed by atoms with E-state index in [-0.39, 0.29) is 0 Å². The number of fused-ring (bicyclic) bond motifs is 1. The summed E-state index contributed by atoms with van der Waals surface area (Å²) in [4.78, 5) is 6.94. The van der Waals surface area contributed by atoms with Crippen LogP contribution in [0, 0.1) is 5.92 Å². The van der Waals surface area contributed by atoms with E-state index in [9.17, 15) is 0 Å². The van der Waals surface area contributed by atoms with Crippen LogP contribution in [-0.2, 0) is 6.54 Å². The van der Waals surface area contributed by atoms with E-state index in [4.69, 9.17) is 4.42 Å². The lowest BCUT2D eigenvalue weighted by molar-refractivity contribution is 0.331. The molecule has 0 amide bonds. The van der Waals surface area contributed by atoms with E-state index >= 15 is 0 Å². The van der Waals surface area contributed by atoms with Crippen molar-refractivity contribution >= 4 is 12.0 Å². The van der Waals surface area contributed by atoms with Crippen LogP contribution in [0.1, 0.15) is 38.2 Å². The number of rotatable bonds is 2. The summed E-state index contributed by atoms with van der Waals surface area (Å²) in [7, 11) is 0. The van der Waals surface area contributed by atoms with Gasteiger partial charge in [0.1, 0.15) is 0 Å². The third kappa shape index (κ3) is 2.30. The molecule has 0 bridgehead atoms. The Morgan fingerprint density at radius 3 is 2.95 bits per heavy atom. The Bertz CT molecular complexity index is 680. The Hall–Kier alpha value is -2.17. The average Bonchev–Trinajstić information content (AvgIpc) is 3.09. The standard InChI is InChI=1S/C17H20N4O/c1-12-4-2-3-5-15(12)21-10-18-9-14-8-13(6-7-16(14)21)17-20-19-11-22-17/h6-8,10-12,15H,2-5,9H2,1H3. The van der Waals surface area contributed by atoms with Gasteiger partial charge in [0, 0.05) is 17.3 Å². The molecule has 4 rings (SSSR count). The van der Waals surface area contributed by atoms with Crippen LogP contribution in [0.25, 0.3) is 11.5 Å². The zero-order valence-corrected chi connectivity index (χ0v) is 12.8. The zero-order chi connectivity index (χ0) is 14.9. The first-order valence-corrected chi connectivity index (χ1v) is 8.00. The summed E-state index contributed by atoms with van der Waals surface area (Å²) in [5.74, 6) is 1.27. The van der Waals surface area contributed by atoms with Crippen molar-refractivity contribution in [2.75, 3.05) is 4.90 Å². The second kappa shape index (κ2) is 5.55. The Morgan fingerprint density at radius 1 is 1.23 bits per heavy atom. The molecule has 1 aliphatic carbocycles. The van der Waals surface area contributed by atoms with Crippen molar-refractivity contribution in [2.24, 2.45) is 10.9 Å². The summed E-state index contributed by atoms with van der Waals surface area (Å²) in [6.07, 6.45) is 8.62. The molecule has 1 aromatic heterocycles. The van der Waals surface area contributed by atoms with E-state index in [2.05, 4.69) is 45.2 Å². The third-order valence-electron chi connectivity index (χ3n) is 4.86. The third-order valence-corrected chi connectivity index (χ3v) is 4.86. The molecule has 0 radical (unpaired) electrons. The molecule has 2 atom stereocenters. The van der Waals surface area contributed by atoms with Crippen LogP contribution in [0.4, 0.5) is 5.69 Å². The van der Waals surface area contributed by atoms with Crippen LogP contribution in [0.5, 0.6) is 0 Å². The van der Waals surface area contributed by atoms with Gasteiger partial charge in [0.2, 0.25) is 12.3 Å². The van der Waals surface area contributed by atoms with E-state index in [0.29, 0.717) is 17.9 Å². The van der Waals surface area contributed by atoms with Crippen LogP contribution in [0.3, 0.4) is 0 Å². The van der Waals surface area contributed by atoms with Crippen molar-refractivity contribution < 1.29 is 4.42 Å². The highest BCUT2D eigenvalue weighted by Crippen LogP contribution is 2.35. The lowest BCUT2D eigenvalue weighted by Crippen LogP contribution is -2.42. The predicted molar refractivity (Wildman–Crippen MR) is 85.8 cm³/mol. The minimum atomic E-state index is 0.561. The molecule has 1 fully saturated rings. The number of benzene rings is 1. The number of aromatic nitrogens is 2. The first kappa shape index (κ1) is 13.5. The lowest BCUT2D eigenvalue weighted by Gasteiger charge is -2.39. The normalized spacial score (nSPS) is 24.3. The molecule has 2 heterocycles. The van der Waals surface area contributed by atoms with E-state index in [1.165, 1.54) is 43.3 Å². The fourth-order valence-electron chi connectivity index (χ4n) is 3.66. The second-order valence-corrected chi connectivity index (χ2v) is 6.28. The van der Waals surface area contributed by atoms with Gasteiger partial charge >= 0.3 is 0 Å². The van der Waals surface area contributed by atoms with Gasteiger partial charge in [-0.25, -0.2) is 0 Å². The summed E-state index contributed by atoms with van der Waals surface area (Å²) in [6, 6.07) is 6.92. The fourth-order valence-corrected chi connectivity index (χ4v) is 3.66. The molecular weight excluding hydrogens is 276 g/mol. The summed E-state index contributed by atoms with van der Waals surface area (Å²) < 4.78 is 5.30. The molecule has 1 aromatic carbocycles. The first-order valence-electron chi connectivity index (χ1n) is 8.00. The van der Waals surface area contributed by atoms with E-state index in [1.54, 1.807) is 0 Å². The van der Waals surface area contributed by atoms with E-state index < -0.39 is 0 Å². The minimum Gasteiger partial charge on any atom is -0.423 e. The largest absolute Gasteiger partial charge is 0.423 e. The van der Waals surface area contributed by atoms with Crippen molar-refractivity contribution in [1.82, 2.24) is 10.2 Å². The van der Waals surface area contributed by atoms with Gasteiger partial charge in [-0.2, -0.15) is 0 Å². The van der Waals surface area contributed by atoms with Crippen LogP contribution in [0.2, 0.25) is 0 Å². The van der Waals surface area contributed by atoms with Gasteiger partial charge in [-0.05, 0) is 42.5 Å². The quantitative estimate of drug-likeness (QED) is 0.848. The summed E-state index contributed by atoms with van der Waals surface area (Å²) in [5, 5.41) is 7.74. The molecular formula is C17H20N4O. The molecule has 2 unspecified atom stereocenters. The van der Waals surface area contributed by atoms with E-state index in [1.807, 2.05) is 6.34 Å². The first-order chi connectivity index (χ1) is 10.8. The number of hydrogen-bond acceptors (Lipinski definition) is 5. The van der Waals surface area contributed by atoms with Crippen LogP contribution < -0.4 is 4.90 Å². The Labute approximate surface area is 130 Å². The molecule has 0 saturated heterocycles. The number of aliphatic imine (C=N–C) groups is 1. The molecule has 22 heavy (non-hydrogen) atoms. The molecule has 5 heteroatoms. The van der Waals surface area contributed by atoms with Crippen molar-refractivity contribution in [3.63, 3.8) is 0 Å². The molecule has 2 aliphatic rings. The lowest BCUT2D eigenvalue weighted by atomic mass is 9.84. The molecule has 2 aromatic rings. The second-order valence-electron chi connectivity index (χ2n) is 6.28. The van der Waals surface area contributed by atoms with Crippen molar-refractivity contribution in [3.8, 4) is 11.5 Å². The zero-order valence-electron chi connectivity index (χ0n) is 12.8. The van der Waals surface area contributed by atoms with Gasteiger partial charge in [0.15, 0.2) is 0 Å². The average molecular weight is 296 g/mol. The minimum absolute atomic E-state index is 0.561. The highest BCUT2D eigenvalue weighted by atomic mass is 16.4. The molecule has 1 saturated carbocycles. The topological polar surface area (TPSA) is 54.5 Å². The molecule has 114 valence electrons. The Morgan fingerprint density at radius 2 is 2.14 bits per heavy atom. The molecule has 0 N–H and O–H groups in total. The van der Waals surface area contributed by atoms with Gasteiger partial charge in [-0.1, -0.05) is 19.8 Å². The van der Waals surface area contributed by atoms with Crippen LogP contribution in [0.15, 0.2) is 34.0 Å². The maximum Gasteiger partial charge on any atom is 0.247 e. The SMILES string of the molecule is CC1CCCCC1N1C=NCc2cc(-c3nnco3)ccc21. The number of nitrogens with zero attached hydrogens (tertiary/aromatic N) is 4. The number of hydrogen-bond donors (Lipinski definition) is 0. The number of anilines is 1. The molecule has 5 nitrogen and oxygen atoms in total. The highest BCUT2D eigenvalue weighted by molar-refractivity contribution is 5.84. The summed E-state index contributed by atoms with van der Waals surface area (Å²) in [5.41, 5.74) is 3.47. The van der Waals surface area contributed by atoms with Gasteiger partial charge in [0.05, 0.1) is 12.9 Å². The Balaban J connectivity index is 1.68. The van der Waals surface area contributed by atoms with Gasteiger partial charge < -0.3 is 9.32 Å². The Kier molecular flexibility index (Phi) is 3.41. The van der Waals surface area contributed by atoms with Crippen molar-refractivity contribution in [1.29, 1.82) is 0 Å². The maximum atomic E-state index is 5.30. The molecule has 0 spiro atoms. The van der Waals surface area contributed by atoms with Crippen LogP contribution in [-0.4, -0.2) is 22.6 Å². The smallest absolute Gasteiger partial charge is 0.247 e. The van der Waals surface area contributed by atoms with E-state index in [0.717, 1.165) is 12.1 Å².